The van der Waals surface area contributed by atoms with Crippen LogP contribution in [0.15, 0.2) is 18.2 Å². The van der Waals surface area contributed by atoms with Gasteiger partial charge in [0.25, 0.3) is 0 Å². The summed E-state index contributed by atoms with van der Waals surface area (Å²) in [7, 11) is 1.68. The molecule has 5 heteroatoms. The van der Waals surface area contributed by atoms with Gasteiger partial charge in [-0.1, -0.05) is 29.3 Å². The average molecular weight is 263 g/mol. The van der Waals surface area contributed by atoms with Crippen molar-refractivity contribution in [1.29, 1.82) is 0 Å². The van der Waals surface area contributed by atoms with Crippen molar-refractivity contribution in [2.75, 3.05) is 13.7 Å². The zero-order valence-electron chi connectivity index (χ0n) is 9.17. The van der Waals surface area contributed by atoms with Gasteiger partial charge < -0.3 is 4.74 Å². The Morgan fingerprint density at radius 1 is 1.38 bits per heavy atom. The third kappa shape index (κ3) is 3.92. The molecule has 0 saturated carbocycles. The molecule has 0 aromatic heterocycles. The van der Waals surface area contributed by atoms with Crippen LogP contribution >= 0.6 is 23.2 Å². The van der Waals surface area contributed by atoms with Gasteiger partial charge in [0, 0.05) is 19.8 Å². The predicted molar refractivity (Wildman–Crippen MR) is 67.6 cm³/mol. The van der Waals surface area contributed by atoms with Gasteiger partial charge in [0.1, 0.15) is 0 Å². The molecule has 0 fully saturated rings. The zero-order valence-corrected chi connectivity index (χ0v) is 10.7. The second kappa shape index (κ2) is 7.09. The first-order valence-electron chi connectivity index (χ1n) is 5.09. The van der Waals surface area contributed by atoms with Gasteiger partial charge in [-0.05, 0) is 30.5 Å². The molecule has 0 radical (unpaired) electrons. The lowest BCUT2D eigenvalue weighted by molar-refractivity contribution is 0.189. The highest BCUT2D eigenvalue weighted by atomic mass is 35.5. The zero-order chi connectivity index (χ0) is 12.0. The van der Waals surface area contributed by atoms with Gasteiger partial charge in [0.2, 0.25) is 0 Å². The average Bonchev–Trinajstić information content (AvgIpc) is 2.29. The van der Waals surface area contributed by atoms with Crippen molar-refractivity contribution >= 4 is 23.2 Å². The third-order valence-electron chi connectivity index (χ3n) is 2.39. The summed E-state index contributed by atoms with van der Waals surface area (Å²) < 4.78 is 5.00. The van der Waals surface area contributed by atoms with E-state index >= 15 is 0 Å². The van der Waals surface area contributed by atoms with E-state index in [9.17, 15) is 0 Å². The van der Waals surface area contributed by atoms with Crippen LogP contribution in [0.1, 0.15) is 24.4 Å². The van der Waals surface area contributed by atoms with Crippen molar-refractivity contribution in [3.8, 4) is 0 Å². The largest absolute Gasteiger partial charge is 0.385 e. The van der Waals surface area contributed by atoms with E-state index in [0.29, 0.717) is 10.0 Å². The molecule has 1 atom stereocenters. The van der Waals surface area contributed by atoms with Crippen LogP contribution < -0.4 is 11.3 Å². The molecule has 3 N–H and O–H groups in total. The van der Waals surface area contributed by atoms with E-state index < -0.39 is 0 Å². The Balaban J connectivity index is 2.67. The SMILES string of the molecule is COCCCC(NN)c1ccc(Cl)c(Cl)c1. The molecule has 1 aromatic carbocycles. The molecule has 0 heterocycles. The van der Waals surface area contributed by atoms with Gasteiger partial charge in [-0.25, -0.2) is 0 Å². The van der Waals surface area contributed by atoms with Gasteiger partial charge in [0.05, 0.1) is 10.0 Å². The Bertz CT molecular complexity index is 334. The van der Waals surface area contributed by atoms with E-state index in [1.165, 1.54) is 0 Å². The van der Waals surface area contributed by atoms with E-state index in [-0.39, 0.29) is 6.04 Å². The highest BCUT2D eigenvalue weighted by molar-refractivity contribution is 6.42. The second-order valence-electron chi connectivity index (χ2n) is 3.53. The number of hydrogen-bond acceptors (Lipinski definition) is 3. The Morgan fingerprint density at radius 3 is 2.69 bits per heavy atom. The first-order chi connectivity index (χ1) is 7.69. The van der Waals surface area contributed by atoms with Gasteiger partial charge in [0.15, 0.2) is 0 Å². The number of nitrogens with two attached hydrogens (primary N) is 1. The maximum Gasteiger partial charge on any atom is 0.0595 e. The second-order valence-corrected chi connectivity index (χ2v) is 4.34. The molecule has 3 nitrogen and oxygen atoms in total. The van der Waals surface area contributed by atoms with E-state index in [2.05, 4.69) is 5.43 Å². The fourth-order valence-corrected chi connectivity index (χ4v) is 1.81. The van der Waals surface area contributed by atoms with Crippen LogP contribution in [0, 0.1) is 0 Å². The number of hydrazine groups is 1. The summed E-state index contributed by atoms with van der Waals surface area (Å²) in [6, 6.07) is 5.61. The number of rotatable bonds is 6. The van der Waals surface area contributed by atoms with Crippen molar-refractivity contribution < 1.29 is 4.74 Å². The van der Waals surface area contributed by atoms with Crippen molar-refractivity contribution in [2.24, 2.45) is 5.84 Å². The molecular formula is C11H16Cl2N2O. The smallest absolute Gasteiger partial charge is 0.0595 e. The summed E-state index contributed by atoms with van der Waals surface area (Å²) >= 11 is 11.8. The van der Waals surface area contributed by atoms with Crippen LogP contribution in [0.25, 0.3) is 0 Å². The lowest BCUT2D eigenvalue weighted by Gasteiger charge is -2.16. The molecule has 0 spiro atoms. The number of halogens is 2. The van der Waals surface area contributed by atoms with E-state index in [1.54, 1.807) is 13.2 Å². The number of methoxy groups -OCH3 is 1. The molecular weight excluding hydrogens is 247 g/mol. The predicted octanol–water partition coefficient (Wildman–Crippen LogP) is 2.92. The van der Waals surface area contributed by atoms with Crippen LogP contribution in [0.2, 0.25) is 10.0 Å². The van der Waals surface area contributed by atoms with Crippen molar-refractivity contribution in [3.63, 3.8) is 0 Å². The van der Waals surface area contributed by atoms with E-state index in [4.69, 9.17) is 33.8 Å². The fraction of sp³-hybridized carbons (Fsp3) is 0.455. The first kappa shape index (κ1) is 13.7. The van der Waals surface area contributed by atoms with E-state index in [1.807, 2.05) is 12.1 Å². The molecule has 0 amide bonds. The summed E-state index contributed by atoms with van der Waals surface area (Å²) in [5, 5.41) is 1.10. The van der Waals surface area contributed by atoms with Crippen molar-refractivity contribution in [3.05, 3.63) is 33.8 Å². The minimum Gasteiger partial charge on any atom is -0.385 e. The Morgan fingerprint density at radius 2 is 2.12 bits per heavy atom. The van der Waals surface area contributed by atoms with Gasteiger partial charge in [-0.15, -0.1) is 0 Å². The number of nitrogens with one attached hydrogen (secondary N) is 1. The first-order valence-corrected chi connectivity index (χ1v) is 5.84. The molecule has 1 rings (SSSR count). The number of hydrogen-bond donors (Lipinski definition) is 2. The normalized spacial score (nSPS) is 12.8. The van der Waals surface area contributed by atoms with Crippen LogP contribution in [-0.4, -0.2) is 13.7 Å². The summed E-state index contributed by atoms with van der Waals surface area (Å²) in [4.78, 5) is 0. The van der Waals surface area contributed by atoms with Crippen molar-refractivity contribution in [2.45, 2.75) is 18.9 Å². The fourth-order valence-electron chi connectivity index (χ4n) is 1.51. The molecule has 0 aliphatic rings. The number of benzene rings is 1. The van der Waals surface area contributed by atoms with Crippen LogP contribution in [0.5, 0.6) is 0 Å². The minimum absolute atomic E-state index is 0.0740. The van der Waals surface area contributed by atoms with Gasteiger partial charge in [-0.2, -0.15) is 0 Å². The standard InChI is InChI=1S/C11H16Cl2N2O/c1-16-6-2-3-11(15-14)8-4-5-9(12)10(13)7-8/h4-5,7,11,15H,2-3,6,14H2,1H3. The number of ether oxygens (including phenoxy) is 1. The minimum atomic E-state index is 0.0740. The van der Waals surface area contributed by atoms with Crippen LogP contribution in [0.4, 0.5) is 0 Å². The molecule has 0 saturated heterocycles. The molecule has 1 aromatic rings. The van der Waals surface area contributed by atoms with Gasteiger partial charge in [-0.3, -0.25) is 11.3 Å². The van der Waals surface area contributed by atoms with Crippen LogP contribution in [0.3, 0.4) is 0 Å². The topological polar surface area (TPSA) is 47.3 Å². The maximum atomic E-state index is 5.95. The monoisotopic (exact) mass is 262 g/mol. The summed E-state index contributed by atoms with van der Waals surface area (Å²) in [6.07, 6.45) is 1.83. The maximum absolute atomic E-state index is 5.95. The lowest BCUT2D eigenvalue weighted by atomic mass is 10.0. The Kier molecular flexibility index (Phi) is 6.09. The third-order valence-corrected chi connectivity index (χ3v) is 3.13. The van der Waals surface area contributed by atoms with E-state index in [0.717, 1.165) is 25.0 Å². The molecule has 1 unspecified atom stereocenters. The molecule has 0 aliphatic carbocycles. The quantitative estimate of drug-likeness (QED) is 0.471. The Hall–Kier alpha value is -0.320. The molecule has 90 valence electrons. The van der Waals surface area contributed by atoms with Crippen molar-refractivity contribution in [1.82, 2.24) is 5.43 Å². The summed E-state index contributed by atoms with van der Waals surface area (Å²) in [5.74, 6) is 5.51. The molecule has 0 bridgehead atoms. The van der Waals surface area contributed by atoms with Crippen LogP contribution in [-0.2, 0) is 4.74 Å². The highest BCUT2D eigenvalue weighted by Crippen LogP contribution is 2.27. The molecule has 0 aliphatic heterocycles. The molecule has 16 heavy (non-hydrogen) atoms. The van der Waals surface area contributed by atoms with Gasteiger partial charge >= 0.3 is 0 Å². The Labute approximate surface area is 106 Å². The highest BCUT2D eigenvalue weighted by Gasteiger charge is 2.10. The lowest BCUT2D eigenvalue weighted by Crippen LogP contribution is -2.28. The summed E-state index contributed by atoms with van der Waals surface area (Å²) in [6.45, 7) is 0.722. The summed E-state index contributed by atoms with van der Waals surface area (Å²) in [5.41, 5.74) is 3.80.